The molecule has 0 saturated carbocycles. The van der Waals surface area contributed by atoms with E-state index in [0.717, 1.165) is 11.3 Å². The molecular weight excluding hydrogens is 343 g/mol. The van der Waals surface area contributed by atoms with Gasteiger partial charge < -0.3 is 5.11 Å². The number of nitrogens with zero attached hydrogens (tertiary/aromatic N) is 4. The lowest BCUT2D eigenvalue weighted by Gasteiger charge is -2.06. The van der Waals surface area contributed by atoms with Gasteiger partial charge >= 0.3 is 0 Å². The number of phenolic OH excluding ortho intramolecular Hbond substituents is 1. The quantitative estimate of drug-likeness (QED) is 0.719. The van der Waals surface area contributed by atoms with Crippen LogP contribution in [-0.4, -0.2) is 25.3 Å². The van der Waals surface area contributed by atoms with Gasteiger partial charge in [0.05, 0.1) is 5.69 Å². The summed E-state index contributed by atoms with van der Waals surface area (Å²) in [7, 11) is 0. The Morgan fingerprint density at radius 3 is 2.59 bits per heavy atom. The van der Waals surface area contributed by atoms with Crippen molar-refractivity contribution in [3.63, 3.8) is 0 Å². The van der Waals surface area contributed by atoms with Crippen LogP contribution in [-0.2, 0) is 5.75 Å². The van der Waals surface area contributed by atoms with E-state index >= 15 is 0 Å². The molecule has 0 amide bonds. The average Bonchev–Trinajstić information content (AvgIpc) is 2.95. The second-order valence-corrected chi connectivity index (χ2v) is 6.20. The standard InChI is InChI=1S/C14H10Cl2N4OS/c15-10-2-1-9(13(16)7-10)8-22-14-17-18-19-20(14)11-3-5-12(21)6-4-11/h1-7,21H,8H2. The third-order valence-electron chi connectivity index (χ3n) is 2.91. The monoisotopic (exact) mass is 352 g/mol. The minimum absolute atomic E-state index is 0.193. The van der Waals surface area contributed by atoms with E-state index < -0.39 is 0 Å². The van der Waals surface area contributed by atoms with E-state index in [-0.39, 0.29) is 5.75 Å². The van der Waals surface area contributed by atoms with Crippen LogP contribution in [0.1, 0.15) is 5.56 Å². The van der Waals surface area contributed by atoms with Crippen molar-refractivity contribution < 1.29 is 5.11 Å². The van der Waals surface area contributed by atoms with Gasteiger partial charge in [0, 0.05) is 15.8 Å². The molecule has 1 heterocycles. The maximum absolute atomic E-state index is 9.34. The van der Waals surface area contributed by atoms with Crippen LogP contribution in [0.2, 0.25) is 10.0 Å². The van der Waals surface area contributed by atoms with Crippen molar-refractivity contribution in [2.45, 2.75) is 10.9 Å². The summed E-state index contributed by atoms with van der Waals surface area (Å²) in [6.45, 7) is 0. The highest BCUT2D eigenvalue weighted by Crippen LogP contribution is 2.28. The first-order chi connectivity index (χ1) is 10.6. The van der Waals surface area contributed by atoms with Gasteiger partial charge in [0.15, 0.2) is 0 Å². The minimum atomic E-state index is 0.193. The number of rotatable bonds is 4. The summed E-state index contributed by atoms with van der Waals surface area (Å²) >= 11 is 13.5. The lowest BCUT2D eigenvalue weighted by molar-refractivity contribution is 0.475. The summed E-state index contributed by atoms with van der Waals surface area (Å²) in [5.41, 5.74) is 1.73. The summed E-state index contributed by atoms with van der Waals surface area (Å²) in [6.07, 6.45) is 0. The molecule has 0 aliphatic rings. The Morgan fingerprint density at radius 2 is 1.86 bits per heavy atom. The van der Waals surface area contributed by atoms with Crippen LogP contribution in [0.3, 0.4) is 0 Å². The van der Waals surface area contributed by atoms with Crippen molar-refractivity contribution in [1.82, 2.24) is 20.2 Å². The highest BCUT2D eigenvalue weighted by molar-refractivity contribution is 7.98. The molecular formula is C14H10Cl2N4OS. The van der Waals surface area contributed by atoms with E-state index in [4.69, 9.17) is 23.2 Å². The Labute approximate surface area is 140 Å². The molecule has 0 aliphatic heterocycles. The van der Waals surface area contributed by atoms with Crippen LogP contribution in [0.25, 0.3) is 5.69 Å². The van der Waals surface area contributed by atoms with Gasteiger partial charge in [-0.1, -0.05) is 41.0 Å². The fourth-order valence-corrected chi connectivity index (χ4v) is 3.26. The molecule has 0 bridgehead atoms. The van der Waals surface area contributed by atoms with Crippen molar-refractivity contribution in [2.75, 3.05) is 0 Å². The van der Waals surface area contributed by atoms with Gasteiger partial charge in [-0.3, -0.25) is 0 Å². The summed E-state index contributed by atoms with van der Waals surface area (Å²) in [6, 6.07) is 12.0. The van der Waals surface area contributed by atoms with Gasteiger partial charge in [-0.05, 0) is 52.4 Å². The first-order valence-electron chi connectivity index (χ1n) is 6.28. The summed E-state index contributed by atoms with van der Waals surface area (Å²) in [5.74, 6) is 0.813. The maximum atomic E-state index is 9.34. The van der Waals surface area contributed by atoms with Gasteiger partial charge in [0.2, 0.25) is 5.16 Å². The lowest BCUT2D eigenvalue weighted by atomic mass is 10.2. The van der Waals surface area contributed by atoms with E-state index in [1.54, 1.807) is 41.1 Å². The van der Waals surface area contributed by atoms with Crippen molar-refractivity contribution >= 4 is 35.0 Å². The van der Waals surface area contributed by atoms with Crippen LogP contribution in [0.4, 0.5) is 0 Å². The molecule has 0 atom stereocenters. The molecule has 0 unspecified atom stereocenters. The van der Waals surface area contributed by atoms with Crippen molar-refractivity contribution in [2.24, 2.45) is 0 Å². The third-order valence-corrected chi connectivity index (χ3v) is 4.46. The summed E-state index contributed by atoms with van der Waals surface area (Å²) in [5, 5.41) is 22.9. The van der Waals surface area contributed by atoms with E-state index in [0.29, 0.717) is 21.0 Å². The van der Waals surface area contributed by atoms with Gasteiger partial charge in [-0.2, -0.15) is 4.68 Å². The van der Waals surface area contributed by atoms with Gasteiger partial charge in [0.25, 0.3) is 0 Å². The van der Waals surface area contributed by atoms with E-state index in [9.17, 15) is 5.11 Å². The van der Waals surface area contributed by atoms with E-state index in [1.807, 2.05) is 6.07 Å². The molecule has 8 heteroatoms. The van der Waals surface area contributed by atoms with Crippen molar-refractivity contribution in [1.29, 1.82) is 0 Å². The molecule has 3 aromatic rings. The average molecular weight is 353 g/mol. The normalized spacial score (nSPS) is 10.8. The zero-order valence-corrected chi connectivity index (χ0v) is 13.5. The van der Waals surface area contributed by atoms with Gasteiger partial charge in [-0.25, -0.2) is 0 Å². The SMILES string of the molecule is Oc1ccc(-n2nnnc2SCc2ccc(Cl)cc2Cl)cc1. The summed E-state index contributed by atoms with van der Waals surface area (Å²) in [4.78, 5) is 0. The van der Waals surface area contributed by atoms with Crippen LogP contribution in [0, 0.1) is 0 Å². The number of hydrogen-bond acceptors (Lipinski definition) is 5. The fourth-order valence-electron chi connectivity index (χ4n) is 1.81. The van der Waals surface area contributed by atoms with Gasteiger partial charge in [-0.15, -0.1) is 5.10 Å². The Morgan fingerprint density at radius 1 is 1.09 bits per heavy atom. The minimum Gasteiger partial charge on any atom is -0.508 e. The molecule has 112 valence electrons. The van der Waals surface area contributed by atoms with Crippen molar-refractivity contribution in [3.8, 4) is 11.4 Å². The van der Waals surface area contributed by atoms with Gasteiger partial charge in [0.1, 0.15) is 5.75 Å². The maximum Gasteiger partial charge on any atom is 0.214 e. The van der Waals surface area contributed by atoms with Crippen molar-refractivity contribution in [3.05, 3.63) is 58.1 Å². The molecule has 22 heavy (non-hydrogen) atoms. The van der Waals surface area contributed by atoms with Crippen LogP contribution in [0.5, 0.6) is 5.75 Å². The molecule has 1 N–H and O–H groups in total. The number of tetrazole rings is 1. The number of aromatic nitrogens is 4. The highest BCUT2D eigenvalue weighted by atomic mass is 35.5. The second-order valence-electron chi connectivity index (χ2n) is 4.41. The second kappa shape index (κ2) is 6.56. The molecule has 2 aromatic carbocycles. The first-order valence-corrected chi connectivity index (χ1v) is 8.02. The highest BCUT2D eigenvalue weighted by Gasteiger charge is 2.10. The largest absolute Gasteiger partial charge is 0.508 e. The summed E-state index contributed by atoms with van der Waals surface area (Å²) < 4.78 is 1.61. The molecule has 0 aliphatic carbocycles. The van der Waals surface area contributed by atoms with E-state index in [1.165, 1.54) is 11.8 Å². The molecule has 0 fully saturated rings. The molecule has 1 aromatic heterocycles. The van der Waals surface area contributed by atoms with Crippen LogP contribution in [0.15, 0.2) is 47.6 Å². The lowest BCUT2D eigenvalue weighted by Crippen LogP contribution is -1.98. The predicted octanol–water partition coefficient (Wildman–Crippen LogP) is 3.97. The zero-order valence-electron chi connectivity index (χ0n) is 11.1. The topological polar surface area (TPSA) is 63.8 Å². The van der Waals surface area contributed by atoms with Crippen LogP contribution >= 0.6 is 35.0 Å². The fraction of sp³-hybridized carbons (Fsp3) is 0.0714. The number of thioether (sulfide) groups is 1. The molecule has 5 nitrogen and oxygen atoms in total. The Balaban J connectivity index is 1.79. The number of benzene rings is 2. The van der Waals surface area contributed by atoms with Crippen LogP contribution < -0.4 is 0 Å². The third kappa shape index (κ3) is 3.35. The first kappa shape index (κ1) is 15.1. The number of aromatic hydroxyl groups is 1. The Hall–Kier alpha value is -1.76. The number of halogens is 2. The van der Waals surface area contributed by atoms with E-state index in [2.05, 4.69) is 15.5 Å². The number of phenols is 1. The zero-order chi connectivity index (χ0) is 15.5. The smallest absolute Gasteiger partial charge is 0.214 e. The number of hydrogen-bond donors (Lipinski definition) is 1. The molecule has 0 radical (unpaired) electrons. The Bertz CT molecular complexity index is 792. The Kier molecular flexibility index (Phi) is 4.52. The molecule has 3 rings (SSSR count). The molecule has 0 saturated heterocycles. The predicted molar refractivity (Wildman–Crippen MR) is 86.8 cm³/mol. The molecule has 0 spiro atoms.